The van der Waals surface area contributed by atoms with E-state index in [1.54, 1.807) is 21.9 Å². The average molecular weight is 407 g/mol. The van der Waals surface area contributed by atoms with Crippen LogP contribution in [0, 0.1) is 5.92 Å². The van der Waals surface area contributed by atoms with Crippen molar-refractivity contribution in [2.45, 2.75) is 38.6 Å². The van der Waals surface area contributed by atoms with Crippen molar-refractivity contribution in [2.24, 2.45) is 5.92 Å². The maximum atomic E-state index is 12.7. The Hall–Kier alpha value is -2.77. The molecular formula is C21H24F3N3O2. The summed E-state index contributed by atoms with van der Waals surface area (Å²) in [7, 11) is 0. The molecule has 2 unspecified atom stereocenters. The molecule has 2 heterocycles. The van der Waals surface area contributed by atoms with Crippen molar-refractivity contribution in [3.63, 3.8) is 0 Å². The number of alkyl halides is 3. The Morgan fingerprint density at radius 2 is 1.86 bits per heavy atom. The summed E-state index contributed by atoms with van der Waals surface area (Å²) in [5.74, 6) is -0.0512. The van der Waals surface area contributed by atoms with E-state index in [9.17, 15) is 18.0 Å². The monoisotopic (exact) mass is 407 g/mol. The van der Waals surface area contributed by atoms with Crippen molar-refractivity contribution in [3.8, 4) is 0 Å². The van der Waals surface area contributed by atoms with E-state index in [0.29, 0.717) is 18.7 Å². The van der Waals surface area contributed by atoms with E-state index in [0.717, 1.165) is 12.1 Å². The van der Waals surface area contributed by atoms with E-state index >= 15 is 0 Å². The molecule has 5 nitrogen and oxygen atoms in total. The number of carbonyl (C=O) groups is 1. The van der Waals surface area contributed by atoms with Crippen LogP contribution in [0.1, 0.15) is 37.9 Å². The number of ether oxygens (including phenoxy) is 1. The van der Waals surface area contributed by atoms with Gasteiger partial charge in [-0.25, -0.2) is 4.79 Å². The second-order valence-corrected chi connectivity index (χ2v) is 8.08. The van der Waals surface area contributed by atoms with Gasteiger partial charge < -0.3 is 9.64 Å². The predicted molar refractivity (Wildman–Crippen MR) is 103 cm³/mol. The molecule has 156 valence electrons. The molecule has 0 N–H and O–H groups in total. The van der Waals surface area contributed by atoms with Crippen LogP contribution >= 0.6 is 0 Å². The Balaban J connectivity index is 1.76. The van der Waals surface area contributed by atoms with Gasteiger partial charge in [0.25, 0.3) is 0 Å². The topological polar surface area (TPSA) is 47.4 Å². The summed E-state index contributed by atoms with van der Waals surface area (Å²) in [6.07, 6.45) is 2.46. The maximum absolute atomic E-state index is 12.7. The zero-order valence-corrected chi connectivity index (χ0v) is 16.6. The standard InChI is InChI=1S/C21H24F3N3O2/c1-20(2,3)29-19(28)26-13-16(18(14-26)27-12-4-11-25-27)8-5-15-6-9-17(10-7-15)21(22,23)24/h4-12,16,18H,13-14H2,1-3H3/b8-5+. The summed E-state index contributed by atoms with van der Waals surface area (Å²) in [6, 6.07) is 6.72. The molecular weight excluding hydrogens is 383 g/mol. The van der Waals surface area contributed by atoms with Crippen LogP contribution in [0.5, 0.6) is 0 Å². The number of nitrogens with zero attached hydrogens (tertiary/aromatic N) is 3. The highest BCUT2D eigenvalue weighted by Gasteiger charge is 2.37. The minimum atomic E-state index is -4.35. The van der Waals surface area contributed by atoms with Crippen LogP contribution in [0.15, 0.2) is 48.8 Å². The maximum Gasteiger partial charge on any atom is 0.416 e. The second kappa shape index (κ2) is 7.93. The molecule has 8 heteroatoms. The number of rotatable bonds is 3. The molecule has 2 atom stereocenters. The molecule has 29 heavy (non-hydrogen) atoms. The van der Waals surface area contributed by atoms with E-state index in [2.05, 4.69) is 5.10 Å². The molecule has 1 aromatic carbocycles. The summed E-state index contributed by atoms with van der Waals surface area (Å²) in [6.45, 7) is 6.32. The van der Waals surface area contributed by atoms with E-state index in [-0.39, 0.29) is 18.1 Å². The Morgan fingerprint density at radius 1 is 1.17 bits per heavy atom. The molecule has 2 aromatic rings. The first-order valence-corrected chi connectivity index (χ1v) is 9.35. The van der Waals surface area contributed by atoms with Crippen LogP contribution in [-0.2, 0) is 10.9 Å². The molecule has 1 amide bonds. The molecule has 1 aromatic heterocycles. The van der Waals surface area contributed by atoms with Gasteiger partial charge in [0, 0.05) is 31.4 Å². The van der Waals surface area contributed by atoms with Crippen molar-refractivity contribution in [1.82, 2.24) is 14.7 Å². The van der Waals surface area contributed by atoms with Gasteiger partial charge in [0.1, 0.15) is 5.60 Å². The third kappa shape index (κ3) is 5.40. The minimum Gasteiger partial charge on any atom is -0.444 e. The van der Waals surface area contributed by atoms with Crippen molar-refractivity contribution in [2.75, 3.05) is 13.1 Å². The number of aromatic nitrogens is 2. The predicted octanol–water partition coefficient (Wildman–Crippen LogP) is 5.02. The number of likely N-dealkylation sites (tertiary alicyclic amines) is 1. The molecule has 1 fully saturated rings. The lowest BCUT2D eigenvalue weighted by atomic mass is 10.0. The summed E-state index contributed by atoms with van der Waals surface area (Å²) >= 11 is 0. The van der Waals surface area contributed by atoms with Gasteiger partial charge in [-0.1, -0.05) is 24.3 Å². The first-order chi connectivity index (χ1) is 13.5. The number of benzene rings is 1. The number of amides is 1. The highest BCUT2D eigenvalue weighted by Crippen LogP contribution is 2.31. The van der Waals surface area contributed by atoms with Gasteiger partial charge in [-0.3, -0.25) is 4.68 Å². The first kappa shape index (κ1) is 21.0. The van der Waals surface area contributed by atoms with Gasteiger partial charge in [-0.2, -0.15) is 18.3 Å². The Kier molecular flexibility index (Phi) is 5.73. The summed E-state index contributed by atoms with van der Waals surface area (Å²) in [4.78, 5) is 14.1. The van der Waals surface area contributed by atoms with E-state index in [1.807, 2.05) is 39.1 Å². The van der Waals surface area contributed by atoms with Gasteiger partial charge >= 0.3 is 12.3 Å². The van der Waals surface area contributed by atoms with E-state index < -0.39 is 17.3 Å². The van der Waals surface area contributed by atoms with Gasteiger partial charge in [0.15, 0.2) is 0 Å². The molecule has 1 saturated heterocycles. The van der Waals surface area contributed by atoms with Crippen LogP contribution in [0.3, 0.4) is 0 Å². The van der Waals surface area contributed by atoms with Gasteiger partial charge in [0.2, 0.25) is 0 Å². The van der Waals surface area contributed by atoms with E-state index in [4.69, 9.17) is 4.74 Å². The van der Waals surface area contributed by atoms with Crippen molar-refractivity contribution in [3.05, 3.63) is 59.9 Å². The SMILES string of the molecule is CC(C)(C)OC(=O)N1CC(/C=C/c2ccc(C(F)(F)F)cc2)C(n2cccn2)C1. The third-order valence-corrected chi connectivity index (χ3v) is 4.62. The summed E-state index contributed by atoms with van der Waals surface area (Å²) in [5, 5.41) is 4.29. The lowest BCUT2D eigenvalue weighted by Gasteiger charge is -2.24. The zero-order valence-electron chi connectivity index (χ0n) is 16.6. The van der Waals surface area contributed by atoms with Crippen LogP contribution in [0.4, 0.5) is 18.0 Å². The number of hydrogen-bond acceptors (Lipinski definition) is 3. The molecule has 1 aliphatic heterocycles. The Bertz CT molecular complexity index is 853. The molecule has 0 aliphatic carbocycles. The smallest absolute Gasteiger partial charge is 0.416 e. The fraction of sp³-hybridized carbons (Fsp3) is 0.429. The van der Waals surface area contributed by atoms with Crippen LogP contribution in [0.25, 0.3) is 6.08 Å². The van der Waals surface area contributed by atoms with Crippen LogP contribution in [-0.4, -0.2) is 39.5 Å². The van der Waals surface area contributed by atoms with Crippen LogP contribution in [0.2, 0.25) is 0 Å². The summed E-state index contributed by atoms with van der Waals surface area (Å²) in [5.41, 5.74) is -0.610. The molecule has 3 rings (SSSR count). The molecule has 0 bridgehead atoms. The lowest BCUT2D eigenvalue weighted by molar-refractivity contribution is -0.137. The molecule has 0 spiro atoms. The van der Waals surface area contributed by atoms with Crippen molar-refractivity contribution >= 4 is 12.2 Å². The quantitative estimate of drug-likeness (QED) is 0.718. The van der Waals surface area contributed by atoms with E-state index in [1.165, 1.54) is 12.1 Å². The first-order valence-electron chi connectivity index (χ1n) is 9.35. The normalized spacial score (nSPS) is 20.4. The number of hydrogen-bond donors (Lipinski definition) is 0. The average Bonchev–Trinajstić information content (AvgIpc) is 3.27. The highest BCUT2D eigenvalue weighted by atomic mass is 19.4. The van der Waals surface area contributed by atoms with Gasteiger partial charge in [-0.15, -0.1) is 0 Å². The summed E-state index contributed by atoms with van der Waals surface area (Å²) < 4.78 is 45.4. The lowest BCUT2D eigenvalue weighted by Crippen LogP contribution is -2.35. The second-order valence-electron chi connectivity index (χ2n) is 8.08. The van der Waals surface area contributed by atoms with Gasteiger partial charge in [0.05, 0.1) is 11.6 Å². The number of halogens is 3. The minimum absolute atomic E-state index is 0.0512. The Labute approximate surface area is 167 Å². The van der Waals surface area contributed by atoms with Crippen LogP contribution < -0.4 is 0 Å². The van der Waals surface area contributed by atoms with Crippen molar-refractivity contribution in [1.29, 1.82) is 0 Å². The zero-order chi connectivity index (χ0) is 21.2. The molecule has 0 radical (unpaired) electrons. The highest BCUT2D eigenvalue weighted by molar-refractivity contribution is 5.68. The fourth-order valence-corrected chi connectivity index (χ4v) is 3.25. The number of carbonyl (C=O) groups excluding carboxylic acids is 1. The molecule has 0 saturated carbocycles. The third-order valence-electron chi connectivity index (χ3n) is 4.62. The molecule has 1 aliphatic rings. The van der Waals surface area contributed by atoms with Crippen molar-refractivity contribution < 1.29 is 22.7 Å². The Morgan fingerprint density at radius 3 is 2.41 bits per heavy atom. The largest absolute Gasteiger partial charge is 0.444 e. The van der Waals surface area contributed by atoms with Gasteiger partial charge in [-0.05, 0) is 44.5 Å². The fourth-order valence-electron chi connectivity index (χ4n) is 3.25.